The Morgan fingerprint density at radius 1 is 1.33 bits per heavy atom. The molecular formula is C14H23FN2O. The van der Waals surface area contributed by atoms with Gasteiger partial charge >= 0.3 is 0 Å². The first kappa shape index (κ1) is 14.9. The second-order valence-corrected chi connectivity index (χ2v) is 4.96. The average molecular weight is 254 g/mol. The summed E-state index contributed by atoms with van der Waals surface area (Å²) in [6.45, 7) is 8.24. The minimum Gasteiger partial charge on any atom is -0.395 e. The highest BCUT2D eigenvalue weighted by Gasteiger charge is 2.18. The molecule has 0 fully saturated rings. The number of nitrogens with zero attached hydrogens (tertiary/aromatic N) is 1. The van der Waals surface area contributed by atoms with E-state index in [-0.39, 0.29) is 24.5 Å². The molecule has 1 aromatic carbocycles. The second-order valence-electron chi connectivity index (χ2n) is 4.96. The molecule has 3 nitrogen and oxygen atoms in total. The van der Waals surface area contributed by atoms with E-state index < -0.39 is 0 Å². The Balaban J connectivity index is 3.30. The van der Waals surface area contributed by atoms with Crippen molar-refractivity contribution in [1.82, 2.24) is 0 Å². The maximum Gasteiger partial charge on any atom is 0.126 e. The van der Waals surface area contributed by atoms with Crippen LogP contribution in [0.2, 0.25) is 0 Å². The van der Waals surface area contributed by atoms with Crippen molar-refractivity contribution in [2.45, 2.75) is 39.8 Å². The van der Waals surface area contributed by atoms with E-state index in [1.807, 2.05) is 31.7 Å². The minimum atomic E-state index is -0.241. The first-order valence-corrected chi connectivity index (χ1v) is 6.31. The summed E-state index contributed by atoms with van der Waals surface area (Å²) < 4.78 is 13.6. The fraction of sp³-hybridized carbons (Fsp3) is 0.571. The van der Waals surface area contributed by atoms with E-state index >= 15 is 0 Å². The van der Waals surface area contributed by atoms with Gasteiger partial charge in [0.1, 0.15) is 5.82 Å². The third-order valence-corrected chi connectivity index (χ3v) is 3.07. The molecule has 3 N–H and O–H groups in total. The molecule has 0 saturated carbocycles. The summed E-state index contributed by atoms with van der Waals surface area (Å²) >= 11 is 0. The molecule has 0 aliphatic heterocycles. The summed E-state index contributed by atoms with van der Waals surface area (Å²) in [6.07, 6.45) is 0. The number of aryl methyl sites for hydroxylation is 1. The molecule has 0 amide bonds. The normalized spacial score (nSPS) is 12.9. The predicted octanol–water partition coefficient (Wildman–Crippen LogP) is 2.36. The zero-order valence-corrected chi connectivity index (χ0v) is 11.6. The Labute approximate surface area is 108 Å². The van der Waals surface area contributed by atoms with Gasteiger partial charge in [0.05, 0.1) is 6.61 Å². The number of benzene rings is 1. The molecule has 0 bridgehead atoms. The van der Waals surface area contributed by atoms with Gasteiger partial charge in [-0.3, -0.25) is 0 Å². The fourth-order valence-electron chi connectivity index (χ4n) is 2.06. The SMILES string of the molecule is Cc1cc(N(CCO)C(C)C)c(C(C)N)cc1F. The maximum atomic E-state index is 13.6. The van der Waals surface area contributed by atoms with Crippen LogP contribution in [0.1, 0.15) is 37.9 Å². The van der Waals surface area contributed by atoms with Crippen molar-refractivity contribution in [3.63, 3.8) is 0 Å². The molecule has 1 aromatic rings. The zero-order chi connectivity index (χ0) is 13.9. The summed E-state index contributed by atoms with van der Waals surface area (Å²) in [5.41, 5.74) is 8.20. The van der Waals surface area contributed by atoms with Gasteiger partial charge in [0.15, 0.2) is 0 Å². The van der Waals surface area contributed by atoms with Crippen molar-refractivity contribution in [1.29, 1.82) is 0 Å². The molecule has 1 rings (SSSR count). The number of hydrogen-bond acceptors (Lipinski definition) is 3. The maximum absolute atomic E-state index is 13.6. The lowest BCUT2D eigenvalue weighted by molar-refractivity contribution is 0.299. The standard InChI is InChI=1S/C14H23FN2O/c1-9(2)17(5-6-18)14-7-10(3)13(15)8-12(14)11(4)16/h7-9,11,18H,5-6,16H2,1-4H3. The summed E-state index contributed by atoms with van der Waals surface area (Å²) in [4.78, 5) is 2.05. The molecule has 0 aliphatic rings. The lowest BCUT2D eigenvalue weighted by Crippen LogP contribution is -2.34. The van der Waals surface area contributed by atoms with Crippen molar-refractivity contribution < 1.29 is 9.50 Å². The number of halogens is 1. The van der Waals surface area contributed by atoms with E-state index in [4.69, 9.17) is 10.8 Å². The summed E-state index contributed by atoms with van der Waals surface area (Å²) in [5, 5.41) is 9.15. The van der Waals surface area contributed by atoms with E-state index in [1.165, 1.54) is 6.07 Å². The van der Waals surface area contributed by atoms with Crippen LogP contribution in [-0.4, -0.2) is 24.3 Å². The van der Waals surface area contributed by atoms with Gasteiger partial charge in [0, 0.05) is 24.3 Å². The molecule has 1 atom stereocenters. The molecule has 0 saturated heterocycles. The number of hydrogen-bond donors (Lipinski definition) is 2. The van der Waals surface area contributed by atoms with Crippen molar-refractivity contribution >= 4 is 5.69 Å². The van der Waals surface area contributed by atoms with E-state index in [0.717, 1.165) is 11.3 Å². The van der Waals surface area contributed by atoms with Crippen LogP contribution in [0.3, 0.4) is 0 Å². The van der Waals surface area contributed by atoms with E-state index in [1.54, 1.807) is 6.92 Å². The molecule has 0 spiro atoms. The Hall–Kier alpha value is -1.13. The van der Waals surface area contributed by atoms with Crippen molar-refractivity contribution in [2.75, 3.05) is 18.1 Å². The van der Waals surface area contributed by atoms with Gasteiger partial charge < -0.3 is 15.7 Å². The van der Waals surface area contributed by atoms with E-state index in [2.05, 4.69) is 0 Å². The highest BCUT2D eigenvalue weighted by molar-refractivity contribution is 5.57. The average Bonchev–Trinajstić information content (AvgIpc) is 2.28. The molecule has 4 heteroatoms. The molecule has 0 heterocycles. The minimum absolute atomic E-state index is 0.0625. The molecule has 1 unspecified atom stereocenters. The van der Waals surface area contributed by atoms with Crippen LogP contribution in [-0.2, 0) is 0 Å². The van der Waals surface area contributed by atoms with Crippen LogP contribution in [0.15, 0.2) is 12.1 Å². The van der Waals surface area contributed by atoms with Gasteiger partial charge in [0.25, 0.3) is 0 Å². The van der Waals surface area contributed by atoms with Crippen LogP contribution in [0.4, 0.5) is 10.1 Å². The topological polar surface area (TPSA) is 49.5 Å². The summed E-state index contributed by atoms with van der Waals surface area (Å²) in [7, 11) is 0. The Kier molecular flexibility index (Phi) is 5.11. The first-order chi connectivity index (χ1) is 8.38. The van der Waals surface area contributed by atoms with Crippen LogP contribution < -0.4 is 10.6 Å². The molecule has 102 valence electrons. The Morgan fingerprint density at radius 2 is 1.94 bits per heavy atom. The molecule has 18 heavy (non-hydrogen) atoms. The van der Waals surface area contributed by atoms with Crippen molar-refractivity contribution in [3.8, 4) is 0 Å². The van der Waals surface area contributed by atoms with Crippen molar-refractivity contribution in [2.24, 2.45) is 5.73 Å². The largest absolute Gasteiger partial charge is 0.395 e. The van der Waals surface area contributed by atoms with E-state index in [0.29, 0.717) is 12.1 Å². The zero-order valence-electron chi connectivity index (χ0n) is 11.6. The Bertz CT molecular complexity index is 405. The number of aliphatic hydroxyl groups excluding tert-OH is 1. The van der Waals surface area contributed by atoms with Crippen LogP contribution in [0, 0.1) is 12.7 Å². The quantitative estimate of drug-likeness (QED) is 0.848. The lowest BCUT2D eigenvalue weighted by Gasteiger charge is -2.31. The van der Waals surface area contributed by atoms with Gasteiger partial charge in [-0.1, -0.05) is 0 Å². The number of anilines is 1. The number of rotatable bonds is 5. The summed E-state index contributed by atoms with van der Waals surface area (Å²) in [6, 6.07) is 3.29. The highest BCUT2D eigenvalue weighted by atomic mass is 19.1. The number of nitrogens with two attached hydrogens (primary N) is 1. The highest BCUT2D eigenvalue weighted by Crippen LogP contribution is 2.29. The van der Waals surface area contributed by atoms with Crippen LogP contribution in [0.5, 0.6) is 0 Å². The van der Waals surface area contributed by atoms with Crippen molar-refractivity contribution in [3.05, 3.63) is 29.1 Å². The lowest BCUT2D eigenvalue weighted by atomic mass is 10.0. The van der Waals surface area contributed by atoms with Gasteiger partial charge in [-0.15, -0.1) is 0 Å². The van der Waals surface area contributed by atoms with Gasteiger partial charge in [0.2, 0.25) is 0 Å². The second kappa shape index (κ2) is 6.16. The fourth-order valence-corrected chi connectivity index (χ4v) is 2.06. The van der Waals surface area contributed by atoms with Crippen LogP contribution in [0.25, 0.3) is 0 Å². The molecule has 0 aromatic heterocycles. The first-order valence-electron chi connectivity index (χ1n) is 6.31. The van der Waals surface area contributed by atoms with Gasteiger partial charge in [-0.05, 0) is 51.0 Å². The van der Waals surface area contributed by atoms with Gasteiger partial charge in [-0.25, -0.2) is 4.39 Å². The predicted molar refractivity (Wildman–Crippen MR) is 73.3 cm³/mol. The summed E-state index contributed by atoms with van der Waals surface area (Å²) in [5.74, 6) is -0.237. The van der Waals surface area contributed by atoms with Gasteiger partial charge in [-0.2, -0.15) is 0 Å². The van der Waals surface area contributed by atoms with Crippen LogP contribution >= 0.6 is 0 Å². The molecule has 0 radical (unpaired) electrons. The van der Waals surface area contributed by atoms with E-state index in [9.17, 15) is 4.39 Å². The Morgan fingerprint density at radius 3 is 2.39 bits per heavy atom. The monoisotopic (exact) mass is 254 g/mol. The molecule has 0 aliphatic carbocycles. The smallest absolute Gasteiger partial charge is 0.126 e. The third-order valence-electron chi connectivity index (χ3n) is 3.07. The molecular weight excluding hydrogens is 231 g/mol. The number of aliphatic hydroxyl groups is 1. The third kappa shape index (κ3) is 3.21.